The summed E-state index contributed by atoms with van der Waals surface area (Å²) in [4.78, 5) is 12.0. The number of hydrogen-bond acceptors (Lipinski definition) is 2. The molecule has 3 nitrogen and oxygen atoms in total. The standard InChI is InChI=1S/C13H20N2O/c1-5-10-6-8-11(9-7-10)12(16)15(14)13(2,3)4/h6-9H,5,14H2,1-4H3. The summed E-state index contributed by atoms with van der Waals surface area (Å²) in [6.45, 7) is 7.81. The van der Waals surface area contributed by atoms with Gasteiger partial charge in [-0.25, -0.2) is 5.84 Å². The van der Waals surface area contributed by atoms with Gasteiger partial charge in [-0.1, -0.05) is 19.1 Å². The number of benzene rings is 1. The van der Waals surface area contributed by atoms with E-state index in [9.17, 15) is 4.79 Å². The molecule has 0 radical (unpaired) electrons. The Hall–Kier alpha value is -1.35. The van der Waals surface area contributed by atoms with Gasteiger partial charge < -0.3 is 0 Å². The Morgan fingerprint density at radius 1 is 1.25 bits per heavy atom. The molecule has 0 fully saturated rings. The molecule has 0 aliphatic rings. The largest absolute Gasteiger partial charge is 0.271 e. The fourth-order valence-electron chi connectivity index (χ4n) is 1.33. The maximum Gasteiger partial charge on any atom is 0.268 e. The number of aryl methyl sites for hydroxylation is 1. The van der Waals surface area contributed by atoms with Crippen LogP contribution in [0.3, 0.4) is 0 Å². The summed E-state index contributed by atoms with van der Waals surface area (Å²) in [6.07, 6.45) is 0.972. The Morgan fingerprint density at radius 2 is 1.75 bits per heavy atom. The third-order valence-corrected chi connectivity index (χ3v) is 2.55. The fraction of sp³-hybridized carbons (Fsp3) is 0.462. The Bertz CT molecular complexity index is 363. The molecule has 1 amide bonds. The zero-order valence-corrected chi connectivity index (χ0v) is 10.4. The van der Waals surface area contributed by atoms with E-state index in [1.54, 1.807) is 0 Å². The quantitative estimate of drug-likeness (QED) is 0.472. The lowest BCUT2D eigenvalue weighted by Gasteiger charge is -2.31. The van der Waals surface area contributed by atoms with Gasteiger partial charge >= 0.3 is 0 Å². The van der Waals surface area contributed by atoms with Gasteiger partial charge in [0, 0.05) is 5.56 Å². The topological polar surface area (TPSA) is 46.3 Å². The highest BCUT2D eigenvalue weighted by Gasteiger charge is 2.24. The van der Waals surface area contributed by atoms with E-state index in [2.05, 4.69) is 6.92 Å². The van der Waals surface area contributed by atoms with Crippen LogP contribution in [0.15, 0.2) is 24.3 Å². The summed E-state index contributed by atoms with van der Waals surface area (Å²) in [5, 5.41) is 1.27. The molecular weight excluding hydrogens is 200 g/mol. The molecule has 1 rings (SSSR count). The zero-order valence-electron chi connectivity index (χ0n) is 10.4. The van der Waals surface area contributed by atoms with E-state index in [4.69, 9.17) is 5.84 Å². The van der Waals surface area contributed by atoms with Crippen LogP contribution in [0.1, 0.15) is 43.6 Å². The van der Waals surface area contributed by atoms with Gasteiger partial charge in [0.05, 0.1) is 5.54 Å². The average Bonchev–Trinajstić information content (AvgIpc) is 2.26. The number of nitrogens with zero attached hydrogens (tertiary/aromatic N) is 1. The monoisotopic (exact) mass is 220 g/mol. The van der Waals surface area contributed by atoms with Gasteiger partial charge in [0.2, 0.25) is 0 Å². The Kier molecular flexibility index (Phi) is 3.70. The molecule has 0 aliphatic carbocycles. The highest BCUT2D eigenvalue weighted by molar-refractivity contribution is 5.94. The van der Waals surface area contributed by atoms with Crippen LogP contribution in [-0.4, -0.2) is 16.5 Å². The molecule has 2 N–H and O–H groups in total. The number of nitrogens with two attached hydrogens (primary N) is 1. The van der Waals surface area contributed by atoms with Crippen molar-refractivity contribution in [2.45, 2.75) is 39.7 Å². The highest BCUT2D eigenvalue weighted by atomic mass is 16.2. The van der Waals surface area contributed by atoms with Gasteiger partial charge in [-0.2, -0.15) is 0 Å². The van der Waals surface area contributed by atoms with E-state index in [1.807, 2.05) is 45.0 Å². The molecule has 88 valence electrons. The van der Waals surface area contributed by atoms with Crippen LogP contribution in [-0.2, 0) is 6.42 Å². The summed E-state index contributed by atoms with van der Waals surface area (Å²) >= 11 is 0. The molecule has 0 saturated heterocycles. The molecule has 0 atom stereocenters. The summed E-state index contributed by atoms with van der Waals surface area (Å²) < 4.78 is 0. The van der Waals surface area contributed by atoms with Gasteiger partial charge in [0.15, 0.2) is 0 Å². The number of carbonyl (C=O) groups excluding carboxylic acids is 1. The van der Waals surface area contributed by atoms with Crippen molar-refractivity contribution < 1.29 is 4.79 Å². The molecule has 3 heteroatoms. The SMILES string of the molecule is CCc1ccc(C(=O)N(N)C(C)(C)C)cc1. The first kappa shape index (κ1) is 12.7. The zero-order chi connectivity index (χ0) is 12.3. The van der Waals surface area contributed by atoms with Crippen LogP contribution < -0.4 is 5.84 Å². The van der Waals surface area contributed by atoms with E-state index >= 15 is 0 Å². The first-order valence-electron chi connectivity index (χ1n) is 5.54. The van der Waals surface area contributed by atoms with Crippen molar-refractivity contribution in [3.63, 3.8) is 0 Å². The molecule has 0 unspecified atom stereocenters. The summed E-state index contributed by atoms with van der Waals surface area (Å²) in [5.74, 6) is 5.64. The minimum absolute atomic E-state index is 0.143. The number of hydrazine groups is 1. The van der Waals surface area contributed by atoms with Gasteiger partial charge in [-0.3, -0.25) is 9.80 Å². The van der Waals surface area contributed by atoms with Crippen molar-refractivity contribution in [3.8, 4) is 0 Å². The smallest absolute Gasteiger partial charge is 0.268 e. The summed E-state index contributed by atoms with van der Waals surface area (Å²) in [7, 11) is 0. The number of rotatable bonds is 2. The second-order valence-electron chi connectivity index (χ2n) is 4.90. The van der Waals surface area contributed by atoms with Crippen LogP contribution in [0, 0.1) is 0 Å². The number of carbonyl (C=O) groups is 1. The lowest BCUT2D eigenvalue weighted by Crippen LogP contribution is -2.50. The lowest BCUT2D eigenvalue weighted by molar-refractivity contribution is 0.0582. The van der Waals surface area contributed by atoms with E-state index in [-0.39, 0.29) is 11.4 Å². The minimum Gasteiger partial charge on any atom is -0.271 e. The maximum absolute atomic E-state index is 12.0. The molecule has 0 spiro atoms. The van der Waals surface area contributed by atoms with Gasteiger partial charge in [0.25, 0.3) is 5.91 Å². The van der Waals surface area contributed by atoms with Crippen LogP contribution in [0.25, 0.3) is 0 Å². The predicted molar refractivity (Wildman–Crippen MR) is 65.9 cm³/mol. The molecule has 16 heavy (non-hydrogen) atoms. The van der Waals surface area contributed by atoms with Crippen molar-refractivity contribution in [1.29, 1.82) is 0 Å². The normalized spacial score (nSPS) is 11.3. The van der Waals surface area contributed by atoms with E-state index in [0.29, 0.717) is 5.56 Å². The molecular formula is C13H20N2O. The minimum atomic E-state index is -0.361. The van der Waals surface area contributed by atoms with Gasteiger partial charge in [-0.05, 0) is 44.9 Å². The predicted octanol–water partition coefficient (Wildman–Crippen LogP) is 2.36. The molecule has 0 aromatic heterocycles. The van der Waals surface area contributed by atoms with Gasteiger partial charge in [-0.15, -0.1) is 0 Å². The van der Waals surface area contributed by atoms with Crippen molar-refractivity contribution in [3.05, 3.63) is 35.4 Å². The highest BCUT2D eigenvalue weighted by Crippen LogP contribution is 2.13. The van der Waals surface area contributed by atoms with Gasteiger partial charge in [0.1, 0.15) is 0 Å². The van der Waals surface area contributed by atoms with Crippen molar-refractivity contribution in [1.82, 2.24) is 5.01 Å². The van der Waals surface area contributed by atoms with Crippen LogP contribution >= 0.6 is 0 Å². The lowest BCUT2D eigenvalue weighted by atomic mass is 10.1. The Balaban J connectivity index is 2.88. The third kappa shape index (κ3) is 2.83. The number of hydrogen-bond donors (Lipinski definition) is 1. The first-order chi connectivity index (χ1) is 7.36. The molecule has 0 bridgehead atoms. The van der Waals surface area contributed by atoms with Crippen LogP contribution in [0.4, 0.5) is 0 Å². The van der Waals surface area contributed by atoms with Crippen molar-refractivity contribution >= 4 is 5.91 Å². The first-order valence-corrected chi connectivity index (χ1v) is 5.54. The molecule has 0 saturated carbocycles. The summed E-state index contributed by atoms with van der Waals surface area (Å²) in [5.41, 5.74) is 1.49. The molecule has 0 aliphatic heterocycles. The second kappa shape index (κ2) is 4.66. The van der Waals surface area contributed by atoms with Crippen LogP contribution in [0.5, 0.6) is 0 Å². The molecule has 0 heterocycles. The average molecular weight is 220 g/mol. The van der Waals surface area contributed by atoms with Crippen LogP contribution in [0.2, 0.25) is 0 Å². The van der Waals surface area contributed by atoms with E-state index < -0.39 is 0 Å². The van der Waals surface area contributed by atoms with E-state index in [1.165, 1.54) is 10.6 Å². The fourth-order valence-corrected chi connectivity index (χ4v) is 1.33. The van der Waals surface area contributed by atoms with E-state index in [0.717, 1.165) is 6.42 Å². The van der Waals surface area contributed by atoms with Crippen molar-refractivity contribution in [2.24, 2.45) is 5.84 Å². The Morgan fingerprint density at radius 3 is 2.12 bits per heavy atom. The third-order valence-electron chi connectivity index (χ3n) is 2.55. The summed E-state index contributed by atoms with van der Waals surface area (Å²) in [6, 6.07) is 7.58. The molecule has 1 aromatic rings. The van der Waals surface area contributed by atoms with Crippen molar-refractivity contribution in [2.75, 3.05) is 0 Å². The Labute approximate surface area is 97.2 Å². The number of amides is 1. The maximum atomic E-state index is 12.0. The second-order valence-corrected chi connectivity index (χ2v) is 4.90. The molecule has 1 aromatic carbocycles.